The largest absolute Gasteiger partial charge is 0.446 e. The van der Waals surface area contributed by atoms with E-state index in [0.717, 1.165) is 10.5 Å². The van der Waals surface area contributed by atoms with Crippen molar-refractivity contribution in [3.05, 3.63) is 71.5 Å². The Kier molecular flexibility index (Phi) is 5.80. The molecule has 0 unspecified atom stereocenters. The molecule has 1 atom stereocenters. The minimum absolute atomic E-state index is 0.0959. The summed E-state index contributed by atoms with van der Waals surface area (Å²) >= 11 is 0. The van der Waals surface area contributed by atoms with Gasteiger partial charge in [-0.15, -0.1) is 0 Å². The molecule has 140 valence electrons. The lowest BCUT2D eigenvalue weighted by atomic mass is 10.0. The van der Waals surface area contributed by atoms with Gasteiger partial charge in [-0.2, -0.15) is 0 Å². The van der Waals surface area contributed by atoms with E-state index in [9.17, 15) is 19.2 Å². The van der Waals surface area contributed by atoms with Gasteiger partial charge in [-0.05, 0) is 36.1 Å². The van der Waals surface area contributed by atoms with Gasteiger partial charge in [-0.25, -0.2) is 14.1 Å². The van der Waals surface area contributed by atoms with Gasteiger partial charge in [0.25, 0.3) is 0 Å². The highest BCUT2D eigenvalue weighted by Gasteiger charge is 2.38. The van der Waals surface area contributed by atoms with Crippen LogP contribution >= 0.6 is 0 Å². The van der Waals surface area contributed by atoms with Crippen LogP contribution in [-0.4, -0.2) is 34.4 Å². The third kappa shape index (κ3) is 4.31. The number of halogens is 1. The number of oxime groups is 1. The number of imide groups is 1. The molecule has 2 aromatic rings. The van der Waals surface area contributed by atoms with Crippen LogP contribution in [0.2, 0.25) is 0 Å². The molecule has 0 radical (unpaired) electrons. The van der Waals surface area contributed by atoms with E-state index in [1.807, 2.05) is 30.3 Å². The lowest BCUT2D eigenvalue weighted by Crippen LogP contribution is -2.34. The van der Waals surface area contributed by atoms with Gasteiger partial charge in [0.15, 0.2) is 0 Å². The summed E-state index contributed by atoms with van der Waals surface area (Å²) < 4.78 is 18.1. The second-order valence-corrected chi connectivity index (χ2v) is 6.17. The maximum absolute atomic E-state index is 13.0. The lowest BCUT2D eigenvalue weighted by Gasteiger charge is -2.19. The van der Waals surface area contributed by atoms with E-state index in [-0.39, 0.29) is 24.8 Å². The number of nitrogens with zero attached hydrogens (tertiary/aromatic N) is 2. The Bertz CT molecular complexity index is 837. The second kappa shape index (κ2) is 8.44. The molecule has 0 bridgehead atoms. The molecule has 7 heteroatoms. The van der Waals surface area contributed by atoms with Crippen molar-refractivity contribution in [2.24, 2.45) is 5.16 Å². The SMILES string of the molecule is O=C(CCC/C(=N\O)c1ccc(F)cc1)N1C(=O)OC[C@@H]1c1ccccc1. The highest BCUT2D eigenvalue weighted by atomic mass is 19.1. The number of amides is 2. The Morgan fingerprint density at radius 3 is 2.52 bits per heavy atom. The van der Waals surface area contributed by atoms with E-state index in [2.05, 4.69) is 5.16 Å². The van der Waals surface area contributed by atoms with E-state index in [1.54, 1.807) is 0 Å². The number of hydrogen-bond acceptors (Lipinski definition) is 5. The van der Waals surface area contributed by atoms with Gasteiger partial charge in [-0.3, -0.25) is 4.79 Å². The lowest BCUT2D eigenvalue weighted by molar-refractivity contribution is -0.129. The smallest absolute Gasteiger partial charge is 0.417 e. The van der Waals surface area contributed by atoms with Crippen LogP contribution in [0.5, 0.6) is 0 Å². The molecule has 0 aromatic heterocycles. The van der Waals surface area contributed by atoms with E-state index in [0.29, 0.717) is 24.1 Å². The Hall–Kier alpha value is -3.22. The number of carbonyl (C=O) groups is 2. The molecule has 1 heterocycles. The molecule has 2 aromatic carbocycles. The fourth-order valence-corrected chi connectivity index (χ4v) is 3.04. The van der Waals surface area contributed by atoms with Crippen molar-refractivity contribution in [1.29, 1.82) is 0 Å². The highest BCUT2D eigenvalue weighted by Crippen LogP contribution is 2.28. The molecule has 27 heavy (non-hydrogen) atoms. The molecule has 2 amide bonds. The minimum atomic E-state index is -0.650. The van der Waals surface area contributed by atoms with Gasteiger partial charge < -0.3 is 9.94 Å². The zero-order valence-electron chi connectivity index (χ0n) is 14.5. The van der Waals surface area contributed by atoms with Crippen LogP contribution in [0.15, 0.2) is 59.8 Å². The average Bonchev–Trinajstić information content (AvgIpc) is 3.08. The fourth-order valence-electron chi connectivity index (χ4n) is 3.04. The molecule has 0 aliphatic carbocycles. The standard InChI is InChI=1S/C20H19FN2O4/c21-16-11-9-14(10-12-16)17(22-26)7-4-8-19(24)23-18(13-27-20(23)25)15-5-2-1-3-6-15/h1-3,5-6,9-12,18,26H,4,7-8,13H2/b22-17+/t18-/m1/s1. The quantitative estimate of drug-likeness (QED) is 0.475. The van der Waals surface area contributed by atoms with Gasteiger partial charge in [0.2, 0.25) is 5.91 Å². The van der Waals surface area contributed by atoms with Crippen molar-refractivity contribution in [3.63, 3.8) is 0 Å². The number of benzene rings is 2. The Labute approximate surface area is 155 Å². The predicted octanol–water partition coefficient (Wildman–Crippen LogP) is 3.89. The minimum Gasteiger partial charge on any atom is -0.446 e. The Balaban J connectivity index is 1.61. The third-order valence-corrected chi connectivity index (χ3v) is 4.43. The van der Waals surface area contributed by atoms with Crippen molar-refractivity contribution in [2.75, 3.05) is 6.61 Å². The van der Waals surface area contributed by atoms with Gasteiger partial charge in [0, 0.05) is 6.42 Å². The van der Waals surface area contributed by atoms with Crippen molar-refractivity contribution in [2.45, 2.75) is 25.3 Å². The van der Waals surface area contributed by atoms with Gasteiger partial charge >= 0.3 is 6.09 Å². The molecule has 0 saturated carbocycles. The maximum Gasteiger partial charge on any atom is 0.417 e. The first-order chi connectivity index (χ1) is 13.1. The summed E-state index contributed by atoms with van der Waals surface area (Å²) in [4.78, 5) is 25.7. The first kappa shape index (κ1) is 18.6. The van der Waals surface area contributed by atoms with Crippen molar-refractivity contribution >= 4 is 17.7 Å². The molecule has 1 aliphatic rings. The summed E-state index contributed by atoms with van der Waals surface area (Å²) in [6.07, 6.45) is 0.134. The molecule has 1 aliphatic heterocycles. The molecule has 1 saturated heterocycles. The highest BCUT2D eigenvalue weighted by molar-refractivity contribution is 6.00. The zero-order valence-corrected chi connectivity index (χ0v) is 14.5. The van der Waals surface area contributed by atoms with Gasteiger partial charge in [-0.1, -0.05) is 47.6 Å². The van der Waals surface area contributed by atoms with E-state index >= 15 is 0 Å². The second-order valence-electron chi connectivity index (χ2n) is 6.17. The van der Waals surface area contributed by atoms with Crippen LogP contribution in [0.25, 0.3) is 0 Å². The molecule has 6 nitrogen and oxygen atoms in total. The number of cyclic esters (lactones) is 1. The van der Waals surface area contributed by atoms with E-state index in [4.69, 9.17) is 4.74 Å². The van der Waals surface area contributed by atoms with Crippen LogP contribution in [-0.2, 0) is 9.53 Å². The summed E-state index contributed by atoms with van der Waals surface area (Å²) in [5.41, 5.74) is 1.76. The predicted molar refractivity (Wildman–Crippen MR) is 96.0 cm³/mol. The molecular weight excluding hydrogens is 351 g/mol. The summed E-state index contributed by atoms with van der Waals surface area (Å²) in [6, 6.07) is 14.4. The van der Waals surface area contributed by atoms with Gasteiger partial charge in [0.1, 0.15) is 18.5 Å². The zero-order chi connectivity index (χ0) is 19.2. The van der Waals surface area contributed by atoms with Crippen molar-refractivity contribution in [1.82, 2.24) is 4.90 Å². The fraction of sp³-hybridized carbons (Fsp3) is 0.250. The van der Waals surface area contributed by atoms with Crippen LogP contribution in [0.4, 0.5) is 9.18 Å². The number of carbonyl (C=O) groups excluding carboxylic acids is 2. The maximum atomic E-state index is 13.0. The molecule has 0 spiro atoms. The summed E-state index contributed by atoms with van der Waals surface area (Å²) in [5, 5.41) is 12.4. The number of rotatable bonds is 6. The Morgan fingerprint density at radius 2 is 1.85 bits per heavy atom. The monoisotopic (exact) mass is 370 g/mol. The average molecular weight is 370 g/mol. The van der Waals surface area contributed by atoms with Crippen LogP contribution in [0, 0.1) is 5.82 Å². The van der Waals surface area contributed by atoms with Crippen LogP contribution < -0.4 is 0 Å². The number of hydrogen-bond donors (Lipinski definition) is 1. The molecule has 3 rings (SSSR count). The van der Waals surface area contributed by atoms with E-state index < -0.39 is 12.1 Å². The first-order valence-corrected chi connectivity index (χ1v) is 8.61. The van der Waals surface area contributed by atoms with Crippen LogP contribution in [0.3, 0.4) is 0 Å². The Morgan fingerprint density at radius 1 is 1.15 bits per heavy atom. The van der Waals surface area contributed by atoms with Gasteiger partial charge in [0.05, 0.1) is 5.71 Å². The van der Waals surface area contributed by atoms with Crippen molar-refractivity contribution in [3.8, 4) is 0 Å². The summed E-state index contributed by atoms with van der Waals surface area (Å²) in [7, 11) is 0. The summed E-state index contributed by atoms with van der Waals surface area (Å²) in [6.45, 7) is 0.132. The molecule has 1 fully saturated rings. The number of ether oxygens (including phenoxy) is 1. The summed E-state index contributed by atoms with van der Waals surface area (Å²) in [5.74, 6) is -0.728. The first-order valence-electron chi connectivity index (χ1n) is 8.61. The molecule has 1 N–H and O–H groups in total. The topological polar surface area (TPSA) is 79.2 Å². The van der Waals surface area contributed by atoms with Crippen LogP contribution in [0.1, 0.15) is 36.4 Å². The van der Waals surface area contributed by atoms with E-state index in [1.165, 1.54) is 24.3 Å². The molecular formula is C20H19FN2O4. The van der Waals surface area contributed by atoms with Crippen molar-refractivity contribution < 1.29 is 23.9 Å². The normalized spacial score (nSPS) is 17.1. The third-order valence-electron chi connectivity index (χ3n) is 4.43.